The zero-order valence-corrected chi connectivity index (χ0v) is 11.5. The summed E-state index contributed by atoms with van der Waals surface area (Å²) in [5, 5.41) is 4.33. The number of hydrogen-bond acceptors (Lipinski definition) is 2. The van der Waals surface area contributed by atoms with Crippen LogP contribution in [0.3, 0.4) is 0 Å². The molecule has 17 heavy (non-hydrogen) atoms. The molecular weight excluding hydrogens is 278 g/mol. The summed E-state index contributed by atoms with van der Waals surface area (Å²) >= 11 is 3.49. The van der Waals surface area contributed by atoms with E-state index in [0.29, 0.717) is 0 Å². The molecule has 0 saturated carbocycles. The molecule has 1 aromatic heterocycles. The minimum Gasteiger partial charge on any atom is -0.458 e. The quantitative estimate of drug-likeness (QED) is 0.869. The number of rotatable bonds is 3. The Hall–Kier alpha value is -1.24. The topological polar surface area (TPSA) is 25.2 Å². The lowest BCUT2D eigenvalue weighted by Gasteiger charge is -2.08. The van der Waals surface area contributed by atoms with Gasteiger partial charge in [-0.05, 0) is 42.0 Å². The second-order valence-corrected chi connectivity index (χ2v) is 4.63. The first-order valence-electron chi connectivity index (χ1n) is 5.51. The van der Waals surface area contributed by atoms with E-state index in [9.17, 15) is 0 Å². The number of para-hydroxylation sites is 1. The third kappa shape index (κ3) is 2.54. The molecule has 0 aliphatic carbocycles. The first kappa shape index (κ1) is 12.2. The summed E-state index contributed by atoms with van der Waals surface area (Å²) in [6, 6.07) is 8.24. The van der Waals surface area contributed by atoms with Crippen LogP contribution in [0, 0.1) is 11.8 Å². The van der Waals surface area contributed by atoms with Gasteiger partial charge in [-0.1, -0.05) is 12.1 Å². The molecular formula is C14H14BrNO. The van der Waals surface area contributed by atoms with Gasteiger partial charge in [0.2, 0.25) is 0 Å². The third-order valence-electron chi connectivity index (χ3n) is 2.69. The average molecular weight is 292 g/mol. The summed E-state index contributed by atoms with van der Waals surface area (Å²) in [5.74, 6) is 6.91. The van der Waals surface area contributed by atoms with Gasteiger partial charge in [0.15, 0.2) is 0 Å². The van der Waals surface area contributed by atoms with Crippen LogP contribution in [0.5, 0.6) is 0 Å². The van der Waals surface area contributed by atoms with Crippen molar-refractivity contribution in [3.8, 4) is 11.8 Å². The maximum absolute atomic E-state index is 5.87. The van der Waals surface area contributed by atoms with Crippen LogP contribution >= 0.6 is 15.9 Å². The Kier molecular flexibility index (Phi) is 3.88. The van der Waals surface area contributed by atoms with Gasteiger partial charge in [0, 0.05) is 11.8 Å². The molecule has 1 N–H and O–H groups in total. The van der Waals surface area contributed by atoms with E-state index in [0.717, 1.165) is 27.6 Å². The molecule has 0 radical (unpaired) electrons. The highest BCUT2D eigenvalue weighted by Gasteiger charge is 2.14. The van der Waals surface area contributed by atoms with Crippen LogP contribution in [0.25, 0.3) is 11.0 Å². The van der Waals surface area contributed by atoms with Gasteiger partial charge in [-0.3, -0.25) is 0 Å². The molecule has 0 saturated heterocycles. The Morgan fingerprint density at radius 2 is 2.29 bits per heavy atom. The van der Waals surface area contributed by atoms with Crippen molar-refractivity contribution in [1.29, 1.82) is 0 Å². The number of hydrogen-bond donors (Lipinski definition) is 1. The van der Waals surface area contributed by atoms with Crippen LogP contribution in [0.15, 0.2) is 33.2 Å². The fraction of sp³-hybridized carbons (Fsp3) is 0.286. The van der Waals surface area contributed by atoms with Crippen molar-refractivity contribution in [3.63, 3.8) is 0 Å². The number of fused-ring (bicyclic) bond motifs is 1. The molecule has 0 spiro atoms. The van der Waals surface area contributed by atoms with Crippen molar-refractivity contribution in [2.75, 3.05) is 7.05 Å². The highest BCUT2D eigenvalue weighted by Crippen LogP contribution is 2.30. The molecule has 1 unspecified atom stereocenters. The van der Waals surface area contributed by atoms with Crippen LogP contribution in [-0.4, -0.2) is 7.05 Å². The maximum atomic E-state index is 5.87. The molecule has 0 amide bonds. The van der Waals surface area contributed by atoms with Gasteiger partial charge in [0.25, 0.3) is 0 Å². The zero-order chi connectivity index (χ0) is 12.3. The predicted octanol–water partition coefficient (Wildman–Crippen LogP) is 3.87. The van der Waals surface area contributed by atoms with Crippen molar-refractivity contribution >= 4 is 26.9 Å². The summed E-state index contributed by atoms with van der Waals surface area (Å²) in [6.45, 7) is 1.85. The molecule has 0 bridgehead atoms. The zero-order valence-electron chi connectivity index (χ0n) is 9.88. The summed E-state index contributed by atoms with van der Waals surface area (Å²) < 4.78 is 6.86. The smallest absolute Gasteiger partial charge is 0.148 e. The first-order chi connectivity index (χ1) is 8.26. The minimum absolute atomic E-state index is 0.141. The molecule has 2 nitrogen and oxygen atoms in total. The van der Waals surface area contributed by atoms with Crippen molar-refractivity contribution in [2.24, 2.45) is 0 Å². The van der Waals surface area contributed by atoms with Crippen molar-refractivity contribution < 1.29 is 4.42 Å². The van der Waals surface area contributed by atoms with Gasteiger partial charge in [-0.2, -0.15) is 0 Å². The van der Waals surface area contributed by atoms with E-state index in [1.807, 2.05) is 32.2 Å². The van der Waals surface area contributed by atoms with Gasteiger partial charge in [0.1, 0.15) is 11.3 Å². The lowest BCUT2D eigenvalue weighted by atomic mass is 10.1. The normalized spacial score (nSPS) is 12.2. The Labute approximate surface area is 110 Å². The van der Waals surface area contributed by atoms with Crippen molar-refractivity contribution in [3.05, 3.63) is 34.5 Å². The molecule has 3 heteroatoms. The predicted molar refractivity (Wildman–Crippen MR) is 73.8 cm³/mol. The van der Waals surface area contributed by atoms with Gasteiger partial charge >= 0.3 is 0 Å². The molecule has 2 rings (SSSR count). The van der Waals surface area contributed by atoms with Crippen LogP contribution in [0.4, 0.5) is 0 Å². The Morgan fingerprint density at radius 3 is 2.94 bits per heavy atom. The van der Waals surface area contributed by atoms with Gasteiger partial charge in [0.05, 0.1) is 10.5 Å². The van der Waals surface area contributed by atoms with Crippen LogP contribution < -0.4 is 5.32 Å². The second kappa shape index (κ2) is 5.39. The van der Waals surface area contributed by atoms with Crippen LogP contribution in [0.1, 0.15) is 25.1 Å². The molecule has 0 aliphatic heterocycles. The van der Waals surface area contributed by atoms with Crippen LogP contribution in [-0.2, 0) is 0 Å². The third-order valence-corrected chi connectivity index (χ3v) is 3.31. The van der Waals surface area contributed by atoms with E-state index < -0.39 is 0 Å². The van der Waals surface area contributed by atoms with E-state index in [1.54, 1.807) is 0 Å². The highest BCUT2D eigenvalue weighted by atomic mass is 79.9. The minimum atomic E-state index is 0.141. The van der Waals surface area contributed by atoms with Gasteiger partial charge < -0.3 is 9.73 Å². The van der Waals surface area contributed by atoms with Crippen LogP contribution in [0.2, 0.25) is 0 Å². The lowest BCUT2D eigenvalue weighted by Crippen LogP contribution is -2.14. The van der Waals surface area contributed by atoms with E-state index in [2.05, 4.69) is 39.2 Å². The highest BCUT2D eigenvalue weighted by molar-refractivity contribution is 9.10. The Bertz CT molecular complexity index is 577. The second-order valence-electron chi connectivity index (χ2n) is 3.78. The summed E-state index contributed by atoms with van der Waals surface area (Å²) in [7, 11) is 1.92. The summed E-state index contributed by atoms with van der Waals surface area (Å²) in [6.07, 6.45) is 0.754. The first-order valence-corrected chi connectivity index (χ1v) is 6.30. The standard InChI is InChI=1S/C14H14BrNO/c1-3-4-8-12(16-2)13-9-10-6-5-7-11(15)14(10)17-13/h5-7,9,12,16H,8H2,1-2H3. The van der Waals surface area contributed by atoms with Crippen molar-refractivity contribution in [1.82, 2.24) is 5.32 Å². The number of benzene rings is 1. The van der Waals surface area contributed by atoms with Crippen molar-refractivity contribution in [2.45, 2.75) is 19.4 Å². The lowest BCUT2D eigenvalue weighted by molar-refractivity contribution is 0.458. The molecule has 88 valence electrons. The van der Waals surface area contributed by atoms with E-state index in [1.165, 1.54) is 0 Å². The monoisotopic (exact) mass is 291 g/mol. The van der Waals surface area contributed by atoms with E-state index in [-0.39, 0.29) is 6.04 Å². The number of furan rings is 1. The van der Waals surface area contributed by atoms with E-state index >= 15 is 0 Å². The van der Waals surface area contributed by atoms with Gasteiger partial charge in [-0.15, -0.1) is 11.8 Å². The number of nitrogens with one attached hydrogen (secondary N) is 1. The SMILES string of the molecule is CC#CCC(NC)c1cc2cccc(Br)c2o1. The average Bonchev–Trinajstić information content (AvgIpc) is 2.75. The summed E-state index contributed by atoms with van der Waals surface area (Å²) in [5.41, 5.74) is 0.896. The Morgan fingerprint density at radius 1 is 1.47 bits per heavy atom. The van der Waals surface area contributed by atoms with E-state index in [4.69, 9.17) is 4.42 Å². The molecule has 0 fully saturated rings. The largest absolute Gasteiger partial charge is 0.458 e. The summed E-state index contributed by atoms with van der Waals surface area (Å²) in [4.78, 5) is 0. The Balaban J connectivity index is 2.39. The molecule has 1 atom stereocenters. The maximum Gasteiger partial charge on any atom is 0.148 e. The van der Waals surface area contributed by atoms with Gasteiger partial charge in [-0.25, -0.2) is 0 Å². The molecule has 1 aromatic carbocycles. The molecule has 1 heterocycles. The molecule has 0 aliphatic rings. The fourth-order valence-corrected chi connectivity index (χ4v) is 2.23. The number of halogens is 1. The molecule has 2 aromatic rings. The fourth-order valence-electron chi connectivity index (χ4n) is 1.77.